The van der Waals surface area contributed by atoms with Gasteiger partial charge in [0.1, 0.15) is 0 Å². The van der Waals surface area contributed by atoms with E-state index in [1.807, 2.05) is 36.9 Å². The molecule has 1 aliphatic heterocycles. The zero-order valence-electron chi connectivity index (χ0n) is 11.7. The van der Waals surface area contributed by atoms with E-state index in [9.17, 15) is 0 Å². The summed E-state index contributed by atoms with van der Waals surface area (Å²) in [6.45, 7) is 1.07. The summed E-state index contributed by atoms with van der Waals surface area (Å²) in [4.78, 5) is 15.4. The Morgan fingerprint density at radius 1 is 1.10 bits per heavy atom. The van der Waals surface area contributed by atoms with Crippen LogP contribution in [0.2, 0.25) is 0 Å². The van der Waals surface area contributed by atoms with Crippen molar-refractivity contribution in [2.24, 2.45) is 0 Å². The molecule has 20 heavy (non-hydrogen) atoms. The van der Waals surface area contributed by atoms with E-state index in [0.29, 0.717) is 6.04 Å². The van der Waals surface area contributed by atoms with Crippen LogP contribution in [0.4, 0.5) is 5.95 Å². The topological polar surface area (TPSA) is 41.9 Å². The highest BCUT2D eigenvalue weighted by atomic mass is 15.3. The van der Waals surface area contributed by atoms with Crippen LogP contribution in [0, 0.1) is 0 Å². The Labute approximate surface area is 119 Å². The van der Waals surface area contributed by atoms with E-state index in [4.69, 9.17) is 0 Å². The quantitative estimate of drug-likeness (QED) is 0.855. The smallest absolute Gasteiger partial charge is 0.225 e. The number of anilines is 1. The van der Waals surface area contributed by atoms with Gasteiger partial charge in [-0.05, 0) is 49.8 Å². The molecular weight excluding hydrogens is 248 g/mol. The zero-order valence-corrected chi connectivity index (χ0v) is 11.7. The van der Waals surface area contributed by atoms with Gasteiger partial charge in [0.2, 0.25) is 5.95 Å². The third-order valence-electron chi connectivity index (χ3n) is 3.93. The summed E-state index contributed by atoms with van der Waals surface area (Å²) >= 11 is 0. The van der Waals surface area contributed by atoms with Crippen LogP contribution in [0.5, 0.6) is 0 Å². The van der Waals surface area contributed by atoms with Crippen molar-refractivity contribution in [3.8, 4) is 0 Å². The molecule has 1 fully saturated rings. The Kier molecular flexibility index (Phi) is 4.21. The summed E-state index contributed by atoms with van der Waals surface area (Å²) in [5.74, 6) is 0.878. The minimum absolute atomic E-state index is 0.548. The van der Waals surface area contributed by atoms with Crippen LogP contribution in [0.3, 0.4) is 0 Å². The van der Waals surface area contributed by atoms with Gasteiger partial charge in [0, 0.05) is 37.4 Å². The van der Waals surface area contributed by atoms with Gasteiger partial charge in [0.25, 0.3) is 0 Å². The van der Waals surface area contributed by atoms with E-state index in [1.165, 1.54) is 24.8 Å². The standard InChI is InChI=1S/C16H20N4/c1-2-12-20(16-18-10-4-11-19-16)15(6-1)8-7-14-5-3-9-17-13-14/h3-5,9-11,13,15H,1-2,6-8,12H2. The third-order valence-corrected chi connectivity index (χ3v) is 3.93. The normalized spacial score (nSPS) is 19.0. The van der Waals surface area contributed by atoms with Gasteiger partial charge in [-0.15, -0.1) is 0 Å². The van der Waals surface area contributed by atoms with Crippen LogP contribution in [0.25, 0.3) is 0 Å². The van der Waals surface area contributed by atoms with E-state index in [1.54, 1.807) is 0 Å². The number of hydrogen-bond acceptors (Lipinski definition) is 4. The SMILES string of the molecule is c1cnc(N2CCCCC2CCc2cccnc2)nc1. The highest BCUT2D eigenvalue weighted by molar-refractivity contribution is 5.31. The van der Waals surface area contributed by atoms with E-state index in [0.717, 1.165) is 25.3 Å². The molecule has 4 heteroatoms. The maximum absolute atomic E-state index is 4.41. The van der Waals surface area contributed by atoms with Gasteiger partial charge >= 0.3 is 0 Å². The molecule has 0 aliphatic carbocycles. The molecule has 0 radical (unpaired) electrons. The predicted octanol–water partition coefficient (Wildman–Crippen LogP) is 2.86. The summed E-state index contributed by atoms with van der Waals surface area (Å²) in [5.41, 5.74) is 1.31. The minimum Gasteiger partial charge on any atom is -0.338 e. The third kappa shape index (κ3) is 3.13. The Hall–Kier alpha value is -1.97. The fourth-order valence-electron chi connectivity index (χ4n) is 2.88. The van der Waals surface area contributed by atoms with Gasteiger partial charge in [-0.25, -0.2) is 9.97 Å². The highest BCUT2D eigenvalue weighted by Crippen LogP contribution is 2.24. The van der Waals surface area contributed by atoms with E-state index < -0.39 is 0 Å². The molecule has 0 bridgehead atoms. The highest BCUT2D eigenvalue weighted by Gasteiger charge is 2.23. The van der Waals surface area contributed by atoms with Crippen LogP contribution in [-0.4, -0.2) is 27.5 Å². The molecule has 3 rings (SSSR count). The maximum atomic E-state index is 4.41. The Bertz CT molecular complexity index is 515. The molecule has 0 saturated carbocycles. The van der Waals surface area contributed by atoms with Gasteiger partial charge in [0.05, 0.1) is 0 Å². The molecule has 1 unspecified atom stereocenters. The molecule has 104 valence electrons. The fourth-order valence-corrected chi connectivity index (χ4v) is 2.88. The van der Waals surface area contributed by atoms with E-state index in [-0.39, 0.29) is 0 Å². The lowest BCUT2D eigenvalue weighted by molar-refractivity contribution is 0.431. The number of aromatic nitrogens is 3. The molecule has 0 aromatic carbocycles. The minimum atomic E-state index is 0.548. The van der Waals surface area contributed by atoms with Gasteiger partial charge in [-0.2, -0.15) is 0 Å². The Morgan fingerprint density at radius 3 is 2.80 bits per heavy atom. The second-order valence-electron chi connectivity index (χ2n) is 5.29. The lowest BCUT2D eigenvalue weighted by Crippen LogP contribution is -2.40. The van der Waals surface area contributed by atoms with Crippen molar-refractivity contribution in [1.82, 2.24) is 15.0 Å². The zero-order chi connectivity index (χ0) is 13.6. The number of nitrogens with zero attached hydrogens (tertiary/aromatic N) is 4. The summed E-state index contributed by atoms with van der Waals surface area (Å²) in [6.07, 6.45) is 13.4. The van der Waals surface area contributed by atoms with Crippen molar-refractivity contribution in [3.05, 3.63) is 48.5 Å². The van der Waals surface area contributed by atoms with Gasteiger partial charge in [-0.1, -0.05) is 6.07 Å². The van der Waals surface area contributed by atoms with Crippen LogP contribution in [-0.2, 0) is 6.42 Å². The second kappa shape index (κ2) is 6.46. The first-order chi connectivity index (χ1) is 9.93. The number of hydrogen-bond donors (Lipinski definition) is 0. The second-order valence-corrected chi connectivity index (χ2v) is 5.29. The first kappa shape index (κ1) is 13.0. The van der Waals surface area contributed by atoms with Crippen LogP contribution >= 0.6 is 0 Å². The Balaban J connectivity index is 1.67. The first-order valence-electron chi connectivity index (χ1n) is 7.36. The number of aryl methyl sites for hydroxylation is 1. The summed E-state index contributed by atoms with van der Waals surface area (Å²) in [6, 6.07) is 6.58. The lowest BCUT2D eigenvalue weighted by Gasteiger charge is -2.35. The van der Waals surface area contributed by atoms with Crippen LogP contribution in [0.15, 0.2) is 43.0 Å². The molecule has 2 aromatic heterocycles. The van der Waals surface area contributed by atoms with E-state index >= 15 is 0 Å². The molecule has 1 saturated heterocycles. The van der Waals surface area contributed by atoms with Gasteiger partial charge < -0.3 is 4.90 Å². The summed E-state index contributed by atoms with van der Waals surface area (Å²) in [5, 5.41) is 0. The molecule has 3 heterocycles. The Morgan fingerprint density at radius 2 is 2.00 bits per heavy atom. The molecule has 1 aliphatic rings. The van der Waals surface area contributed by atoms with Crippen LogP contribution in [0.1, 0.15) is 31.2 Å². The lowest BCUT2D eigenvalue weighted by atomic mass is 9.96. The number of pyridine rings is 1. The molecule has 0 N–H and O–H groups in total. The molecular formula is C16H20N4. The maximum Gasteiger partial charge on any atom is 0.225 e. The summed E-state index contributed by atoms with van der Waals surface area (Å²) in [7, 11) is 0. The van der Waals surface area contributed by atoms with E-state index in [2.05, 4.69) is 25.9 Å². The molecule has 0 spiro atoms. The largest absolute Gasteiger partial charge is 0.338 e. The molecule has 2 aromatic rings. The number of rotatable bonds is 4. The van der Waals surface area contributed by atoms with Gasteiger partial charge in [-0.3, -0.25) is 4.98 Å². The number of piperidine rings is 1. The van der Waals surface area contributed by atoms with Crippen LogP contribution < -0.4 is 4.90 Å². The van der Waals surface area contributed by atoms with Crippen molar-refractivity contribution in [2.45, 2.75) is 38.1 Å². The van der Waals surface area contributed by atoms with Crippen molar-refractivity contribution >= 4 is 5.95 Å². The predicted molar refractivity (Wildman–Crippen MR) is 79.6 cm³/mol. The van der Waals surface area contributed by atoms with Crippen molar-refractivity contribution in [1.29, 1.82) is 0 Å². The molecule has 1 atom stereocenters. The average Bonchev–Trinajstić information content (AvgIpc) is 2.55. The van der Waals surface area contributed by atoms with Crippen molar-refractivity contribution in [2.75, 3.05) is 11.4 Å². The van der Waals surface area contributed by atoms with Gasteiger partial charge in [0.15, 0.2) is 0 Å². The summed E-state index contributed by atoms with van der Waals surface area (Å²) < 4.78 is 0. The first-order valence-corrected chi connectivity index (χ1v) is 7.36. The molecule has 0 amide bonds. The fraction of sp³-hybridized carbons (Fsp3) is 0.438. The van der Waals surface area contributed by atoms with Crippen molar-refractivity contribution < 1.29 is 0 Å². The average molecular weight is 268 g/mol. The molecule has 4 nitrogen and oxygen atoms in total. The monoisotopic (exact) mass is 268 g/mol. The van der Waals surface area contributed by atoms with Crippen molar-refractivity contribution in [3.63, 3.8) is 0 Å².